The highest BCUT2D eigenvalue weighted by molar-refractivity contribution is 5.36. The summed E-state index contributed by atoms with van der Waals surface area (Å²) in [6.07, 6.45) is 1.95. The standard InChI is InChI=1S/C16H15N3/c17-19-18-16-14(10-12-6-2-1-3-7-12)11-13-8-4-5-9-15(13)16/h1-9,14,16H,10-11H2. The normalized spacial score (nSPS) is 20.6. The number of rotatable bonds is 3. The molecule has 0 N–H and O–H groups in total. The van der Waals surface area contributed by atoms with Gasteiger partial charge in [0.15, 0.2) is 0 Å². The molecule has 3 nitrogen and oxygen atoms in total. The van der Waals surface area contributed by atoms with Crippen molar-refractivity contribution in [3.63, 3.8) is 0 Å². The quantitative estimate of drug-likeness (QED) is 0.438. The smallest absolute Gasteiger partial charge is 0.0662 e. The molecule has 94 valence electrons. The number of fused-ring (bicyclic) bond motifs is 1. The molecule has 2 unspecified atom stereocenters. The van der Waals surface area contributed by atoms with Crippen LogP contribution in [0.5, 0.6) is 0 Å². The van der Waals surface area contributed by atoms with Gasteiger partial charge in [-0.25, -0.2) is 0 Å². The Kier molecular flexibility index (Phi) is 3.21. The Bertz CT molecular complexity index is 615. The van der Waals surface area contributed by atoms with Gasteiger partial charge >= 0.3 is 0 Å². The molecule has 0 amide bonds. The van der Waals surface area contributed by atoms with E-state index in [0.29, 0.717) is 5.92 Å². The fourth-order valence-corrected chi connectivity index (χ4v) is 2.97. The fourth-order valence-electron chi connectivity index (χ4n) is 2.97. The average molecular weight is 249 g/mol. The van der Waals surface area contributed by atoms with Gasteiger partial charge in [-0.05, 0) is 41.0 Å². The Labute approximate surface area is 112 Å². The third-order valence-electron chi connectivity index (χ3n) is 3.82. The molecule has 0 saturated carbocycles. The zero-order valence-electron chi connectivity index (χ0n) is 10.6. The van der Waals surface area contributed by atoms with Crippen molar-refractivity contribution in [2.45, 2.75) is 18.9 Å². The highest BCUT2D eigenvalue weighted by Crippen LogP contribution is 2.40. The van der Waals surface area contributed by atoms with E-state index in [0.717, 1.165) is 12.8 Å². The molecule has 0 fully saturated rings. The molecule has 1 aliphatic rings. The lowest BCUT2D eigenvalue weighted by atomic mass is 9.93. The van der Waals surface area contributed by atoms with Gasteiger partial charge in [0.05, 0.1) is 6.04 Å². The molecule has 0 saturated heterocycles. The molecule has 2 aromatic rings. The summed E-state index contributed by atoms with van der Waals surface area (Å²) in [7, 11) is 0. The largest absolute Gasteiger partial charge is 0.0856 e. The number of hydrogen-bond acceptors (Lipinski definition) is 1. The van der Waals surface area contributed by atoms with E-state index in [2.05, 4.69) is 52.5 Å². The Morgan fingerprint density at radius 2 is 1.79 bits per heavy atom. The van der Waals surface area contributed by atoms with Gasteiger partial charge in [0, 0.05) is 4.91 Å². The first-order valence-corrected chi connectivity index (χ1v) is 6.54. The summed E-state index contributed by atoms with van der Waals surface area (Å²) in [6.45, 7) is 0. The maximum Gasteiger partial charge on any atom is 0.0662 e. The summed E-state index contributed by atoms with van der Waals surface area (Å²) in [5.74, 6) is 0.371. The van der Waals surface area contributed by atoms with E-state index in [1.807, 2.05) is 12.1 Å². The zero-order valence-corrected chi connectivity index (χ0v) is 10.6. The Hall–Kier alpha value is -2.25. The molecular weight excluding hydrogens is 234 g/mol. The van der Waals surface area contributed by atoms with Crippen molar-refractivity contribution >= 4 is 0 Å². The summed E-state index contributed by atoms with van der Waals surface area (Å²) < 4.78 is 0. The maximum atomic E-state index is 8.79. The summed E-state index contributed by atoms with van der Waals surface area (Å²) >= 11 is 0. The predicted octanol–water partition coefficient (Wildman–Crippen LogP) is 4.45. The third-order valence-corrected chi connectivity index (χ3v) is 3.82. The molecule has 0 aliphatic heterocycles. The van der Waals surface area contributed by atoms with Crippen LogP contribution >= 0.6 is 0 Å². The number of nitrogens with zero attached hydrogens (tertiary/aromatic N) is 3. The van der Waals surface area contributed by atoms with E-state index < -0.39 is 0 Å². The minimum atomic E-state index is -0.0265. The van der Waals surface area contributed by atoms with Gasteiger partial charge in [0.25, 0.3) is 0 Å². The average Bonchev–Trinajstić information content (AvgIpc) is 2.79. The van der Waals surface area contributed by atoms with Crippen LogP contribution in [0.1, 0.15) is 22.7 Å². The molecule has 3 heteroatoms. The molecule has 2 atom stereocenters. The second kappa shape index (κ2) is 5.17. The van der Waals surface area contributed by atoms with Crippen molar-refractivity contribution in [3.8, 4) is 0 Å². The molecule has 3 rings (SSSR count). The van der Waals surface area contributed by atoms with E-state index in [9.17, 15) is 0 Å². The van der Waals surface area contributed by atoms with Crippen molar-refractivity contribution < 1.29 is 0 Å². The third kappa shape index (κ3) is 2.33. The van der Waals surface area contributed by atoms with Crippen LogP contribution in [0.3, 0.4) is 0 Å². The minimum absolute atomic E-state index is 0.0265. The minimum Gasteiger partial charge on any atom is -0.0856 e. The molecule has 0 heterocycles. The Balaban J connectivity index is 1.89. The first-order valence-electron chi connectivity index (χ1n) is 6.54. The molecule has 19 heavy (non-hydrogen) atoms. The van der Waals surface area contributed by atoms with Gasteiger partial charge in [-0.2, -0.15) is 0 Å². The van der Waals surface area contributed by atoms with Crippen LogP contribution in [0.2, 0.25) is 0 Å². The van der Waals surface area contributed by atoms with E-state index >= 15 is 0 Å². The van der Waals surface area contributed by atoms with Crippen molar-refractivity contribution in [3.05, 3.63) is 81.7 Å². The SMILES string of the molecule is [N-]=[N+]=NC1c2ccccc2CC1Cc1ccccc1. The molecule has 0 bridgehead atoms. The second-order valence-corrected chi connectivity index (χ2v) is 5.00. The van der Waals surface area contributed by atoms with E-state index in [4.69, 9.17) is 5.53 Å². The monoisotopic (exact) mass is 249 g/mol. The van der Waals surface area contributed by atoms with E-state index in [1.54, 1.807) is 0 Å². The lowest BCUT2D eigenvalue weighted by molar-refractivity contribution is 0.463. The number of benzene rings is 2. The number of azide groups is 1. The first kappa shape index (κ1) is 11.8. The fraction of sp³-hybridized carbons (Fsp3) is 0.250. The van der Waals surface area contributed by atoms with Crippen molar-refractivity contribution in [2.24, 2.45) is 11.0 Å². The van der Waals surface area contributed by atoms with Gasteiger partial charge in [-0.15, -0.1) is 0 Å². The summed E-state index contributed by atoms with van der Waals surface area (Å²) in [6, 6.07) is 18.7. The molecule has 0 radical (unpaired) electrons. The van der Waals surface area contributed by atoms with Crippen LogP contribution in [0.15, 0.2) is 59.7 Å². The topological polar surface area (TPSA) is 48.8 Å². The van der Waals surface area contributed by atoms with Crippen LogP contribution in [-0.4, -0.2) is 0 Å². The van der Waals surface area contributed by atoms with Crippen LogP contribution in [0.4, 0.5) is 0 Å². The van der Waals surface area contributed by atoms with Crippen LogP contribution < -0.4 is 0 Å². The Morgan fingerprint density at radius 1 is 1.05 bits per heavy atom. The lowest BCUT2D eigenvalue weighted by Gasteiger charge is -2.15. The zero-order chi connectivity index (χ0) is 13.1. The molecule has 0 spiro atoms. The van der Waals surface area contributed by atoms with Gasteiger partial charge in [-0.3, -0.25) is 0 Å². The van der Waals surface area contributed by atoms with Crippen LogP contribution in [0.25, 0.3) is 10.4 Å². The summed E-state index contributed by atoms with van der Waals surface area (Å²) in [5.41, 5.74) is 12.6. The highest BCUT2D eigenvalue weighted by atomic mass is 15.2. The second-order valence-electron chi connectivity index (χ2n) is 5.00. The van der Waals surface area contributed by atoms with Gasteiger partial charge in [0.2, 0.25) is 0 Å². The molecule has 2 aromatic carbocycles. The first-order chi connectivity index (χ1) is 9.38. The van der Waals surface area contributed by atoms with Crippen molar-refractivity contribution in [1.29, 1.82) is 0 Å². The molecule has 1 aliphatic carbocycles. The van der Waals surface area contributed by atoms with E-state index in [-0.39, 0.29) is 6.04 Å². The van der Waals surface area contributed by atoms with Gasteiger partial charge < -0.3 is 0 Å². The van der Waals surface area contributed by atoms with Gasteiger partial charge in [0.1, 0.15) is 0 Å². The maximum absolute atomic E-state index is 8.79. The Morgan fingerprint density at radius 3 is 2.58 bits per heavy atom. The van der Waals surface area contributed by atoms with Crippen molar-refractivity contribution in [1.82, 2.24) is 0 Å². The predicted molar refractivity (Wildman–Crippen MR) is 75.7 cm³/mol. The summed E-state index contributed by atoms with van der Waals surface area (Å²) in [4.78, 5) is 3.03. The van der Waals surface area contributed by atoms with E-state index in [1.165, 1.54) is 16.7 Å². The number of hydrogen-bond donors (Lipinski definition) is 0. The van der Waals surface area contributed by atoms with Crippen molar-refractivity contribution in [2.75, 3.05) is 0 Å². The summed E-state index contributed by atoms with van der Waals surface area (Å²) in [5, 5.41) is 4.02. The van der Waals surface area contributed by atoms with Crippen LogP contribution in [-0.2, 0) is 12.8 Å². The molecular formula is C16H15N3. The van der Waals surface area contributed by atoms with Gasteiger partial charge in [-0.1, -0.05) is 59.7 Å². The lowest BCUT2D eigenvalue weighted by Crippen LogP contribution is -2.08. The highest BCUT2D eigenvalue weighted by Gasteiger charge is 2.31. The van der Waals surface area contributed by atoms with Crippen LogP contribution in [0, 0.1) is 5.92 Å². The molecule has 0 aromatic heterocycles.